The van der Waals surface area contributed by atoms with Gasteiger partial charge in [-0.05, 0) is 64.2 Å². The summed E-state index contributed by atoms with van der Waals surface area (Å²) in [4.78, 5) is 31.4. The van der Waals surface area contributed by atoms with Gasteiger partial charge in [-0.25, -0.2) is 9.78 Å². The summed E-state index contributed by atoms with van der Waals surface area (Å²) in [6, 6.07) is 4.72. The minimum atomic E-state index is -4.53. The minimum absolute atomic E-state index is 0.0336. The summed E-state index contributed by atoms with van der Waals surface area (Å²) in [6.07, 6.45) is 0.375. The molecular weight excluding hydrogens is 499 g/mol. The quantitative estimate of drug-likeness (QED) is 0.433. The van der Waals surface area contributed by atoms with E-state index in [1.54, 1.807) is 11.8 Å². The molecule has 0 saturated heterocycles. The first-order valence-corrected chi connectivity index (χ1v) is 12.9. The lowest BCUT2D eigenvalue weighted by atomic mass is 9.83. The molecule has 0 unspecified atom stereocenters. The molecule has 3 heterocycles. The van der Waals surface area contributed by atoms with Crippen molar-refractivity contribution in [3.05, 3.63) is 47.0 Å². The van der Waals surface area contributed by atoms with Crippen LogP contribution in [0.3, 0.4) is 0 Å². The van der Waals surface area contributed by atoms with Crippen molar-refractivity contribution in [1.82, 2.24) is 19.7 Å². The van der Waals surface area contributed by atoms with Crippen molar-refractivity contribution in [3.63, 3.8) is 0 Å². The van der Waals surface area contributed by atoms with Crippen molar-refractivity contribution in [3.8, 4) is 0 Å². The molecule has 0 N–H and O–H groups in total. The summed E-state index contributed by atoms with van der Waals surface area (Å²) in [7, 11) is 1.35. The third kappa shape index (κ3) is 4.74. The molecule has 1 amide bonds. The van der Waals surface area contributed by atoms with Crippen molar-refractivity contribution >= 4 is 28.6 Å². The van der Waals surface area contributed by atoms with Crippen LogP contribution in [0, 0.1) is 5.92 Å². The zero-order chi connectivity index (χ0) is 27.2. The lowest BCUT2D eigenvalue weighted by Crippen LogP contribution is -2.42. The Morgan fingerprint density at radius 1 is 1.18 bits per heavy atom. The average Bonchev–Trinajstić information content (AvgIpc) is 3.25. The number of ketones is 1. The Morgan fingerprint density at radius 2 is 1.97 bits per heavy atom. The highest BCUT2D eigenvalue weighted by molar-refractivity contribution is 5.95. The van der Waals surface area contributed by atoms with Crippen LogP contribution in [0.2, 0.25) is 0 Å². The van der Waals surface area contributed by atoms with Crippen molar-refractivity contribution in [1.29, 1.82) is 0 Å². The number of aromatic nitrogens is 4. The molecule has 1 fully saturated rings. The number of aryl methyl sites for hydroxylation is 1. The highest BCUT2D eigenvalue weighted by Crippen LogP contribution is 2.41. The van der Waals surface area contributed by atoms with Gasteiger partial charge in [0.05, 0.1) is 47.7 Å². The number of hydrogen-bond acceptors (Lipinski definition) is 6. The van der Waals surface area contributed by atoms with Crippen LogP contribution >= 0.6 is 0 Å². The summed E-state index contributed by atoms with van der Waals surface area (Å²) < 4.78 is 47.2. The van der Waals surface area contributed by atoms with Gasteiger partial charge >= 0.3 is 12.3 Å². The zero-order valence-electron chi connectivity index (χ0n) is 21.6. The molecular formula is C27H30F3N5O3. The standard InChI is InChI=1S/C27H30F3N5O3/c1-15-7-8-21-22(34(15)26(37)38-3)9-10-23-25(21)32-24(13-19-12-18(14-31-33-19)27(28,29)30)35(23)20-6-4-5-17(11-20)16(2)36/h9-10,12,14-15,17,20H,4-8,11,13H2,1-3H3/t15-,17+,20+/m0/s1. The number of rotatable bonds is 4. The predicted molar refractivity (Wildman–Crippen MR) is 134 cm³/mol. The lowest BCUT2D eigenvalue weighted by Gasteiger charge is -2.34. The molecule has 0 radical (unpaired) electrons. The third-order valence-electron chi connectivity index (χ3n) is 7.86. The molecule has 1 aliphatic carbocycles. The van der Waals surface area contributed by atoms with Gasteiger partial charge < -0.3 is 9.30 Å². The number of alkyl halides is 3. The van der Waals surface area contributed by atoms with E-state index in [1.807, 2.05) is 19.1 Å². The first kappa shape index (κ1) is 26.1. The van der Waals surface area contributed by atoms with Gasteiger partial charge in [-0.2, -0.15) is 23.4 Å². The Kier molecular flexibility index (Phi) is 6.87. The van der Waals surface area contributed by atoms with Gasteiger partial charge in [0.15, 0.2) is 0 Å². The second-order valence-electron chi connectivity index (χ2n) is 10.3. The van der Waals surface area contributed by atoms with E-state index in [0.717, 1.165) is 48.5 Å². The maximum absolute atomic E-state index is 13.4. The normalized spacial score (nSPS) is 21.8. The number of carbonyl (C=O) groups is 2. The molecule has 38 heavy (non-hydrogen) atoms. The molecule has 2 aliphatic rings. The van der Waals surface area contributed by atoms with Crippen LogP contribution in [0.1, 0.15) is 74.6 Å². The summed E-state index contributed by atoms with van der Waals surface area (Å²) in [5, 5.41) is 7.55. The number of methoxy groups -OCH3 is 1. The average molecular weight is 530 g/mol. The Hall–Kier alpha value is -3.50. The lowest BCUT2D eigenvalue weighted by molar-refractivity contribution is -0.138. The number of fused-ring (bicyclic) bond motifs is 3. The Bertz CT molecular complexity index is 1390. The number of carbonyl (C=O) groups excluding carboxylic acids is 2. The van der Waals surface area contributed by atoms with Crippen LogP contribution in [-0.2, 0) is 28.5 Å². The summed E-state index contributed by atoms with van der Waals surface area (Å²) in [5.74, 6) is 0.643. The topological polar surface area (TPSA) is 90.2 Å². The molecule has 202 valence electrons. The van der Waals surface area contributed by atoms with E-state index < -0.39 is 17.8 Å². The van der Waals surface area contributed by atoms with Crippen molar-refractivity contribution in [2.45, 2.75) is 77.1 Å². The molecule has 3 aromatic rings. The summed E-state index contributed by atoms with van der Waals surface area (Å²) in [6.45, 7) is 3.57. The Morgan fingerprint density at radius 3 is 2.68 bits per heavy atom. The highest BCUT2D eigenvalue weighted by Gasteiger charge is 2.35. The molecule has 1 aromatic carbocycles. The van der Waals surface area contributed by atoms with E-state index in [-0.39, 0.29) is 35.9 Å². The number of nitrogens with zero attached hydrogens (tertiary/aromatic N) is 5. The van der Waals surface area contributed by atoms with Crippen LogP contribution in [0.25, 0.3) is 11.0 Å². The van der Waals surface area contributed by atoms with E-state index in [0.29, 0.717) is 30.4 Å². The molecule has 0 bridgehead atoms. The summed E-state index contributed by atoms with van der Waals surface area (Å²) >= 11 is 0. The molecule has 1 saturated carbocycles. The maximum atomic E-state index is 13.4. The van der Waals surface area contributed by atoms with Gasteiger partial charge in [0.2, 0.25) is 0 Å². The monoisotopic (exact) mass is 529 g/mol. The molecule has 0 spiro atoms. The second kappa shape index (κ2) is 9.99. The number of anilines is 1. The molecule has 11 heteroatoms. The largest absolute Gasteiger partial charge is 0.452 e. The van der Waals surface area contributed by atoms with Gasteiger partial charge in [-0.1, -0.05) is 6.42 Å². The fourth-order valence-corrected chi connectivity index (χ4v) is 5.94. The smallest absolute Gasteiger partial charge is 0.418 e. The van der Waals surface area contributed by atoms with Crippen LogP contribution < -0.4 is 4.90 Å². The molecule has 2 aromatic heterocycles. The van der Waals surface area contributed by atoms with E-state index in [4.69, 9.17) is 9.72 Å². The number of ether oxygens (including phenoxy) is 1. The van der Waals surface area contributed by atoms with Crippen LogP contribution in [0.4, 0.5) is 23.7 Å². The highest BCUT2D eigenvalue weighted by atomic mass is 19.4. The van der Waals surface area contributed by atoms with Gasteiger partial charge in [-0.15, -0.1) is 0 Å². The predicted octanol–water partition coefficient (Wildman–Crippen LogP) is 5.66. The van der Waals surface area contributed by atoms with Gasteiger partial charge in [0, 0.05) is 23.6 Å². The number of hydrogen-bond donors (Lipinski definition) is 0. The van der Waals surface area contributed by atoms with E-state index >= 15 is 0 Å². The number of Topliss-reactive ketones (excluding diaryl/α,β-unsaturated/α-hetero) is 1. The maximum Gasteiger partial charge on any atom is 0.418 e. The zero-order valence-corrected chi connectivity index (χ0v) is 21.6. The van der Waals surface area contributed by atoms with Gasteiger partial charge in [0.1, 0.15) is 11.6 Å². The second-order valence-corrected chi connectivity index (χ2v) is 10.3. The van der Waals surface area contributed by atoms with Crippen LogP contribution in [0.15, 0.2) is 24.4 Å². The fraction of sp³-hybridized carbons (Fsp3) is 0.519. The summed E-state index contributed by atoms with van der Waals surface area (Å²) in [5.41, 5.74) is 2.48. The van der Waals surface area contributed by atoms with Crippen LogP contribution in [0.5, 0.6) is 0 Å². The van der Waals surface area contributed by atoms with Crippen molar-refractivity contribution in [2.75, 3.05) is 12.0 Å². The first-order chi connectivity index (χ1) is 18.1. The van der Waals surface area contributed by atoms with Gasteiger partial charge in [-0.3, -0.25) is 9.69 Å². The number of halogens is 3. The number of amides is 1. The Balaban J connectivity index is 1.65. The minimum Gasteiger partial charge on any atom is -0.452 e. The molecule has 5 rings (SSSR count). The molecule has 8 nitrogen and oxygen atoms in total. The van der Waals surface area contributed by atoms with Crippen LogP contribution in [-0.4, -0.2) is 44.8 Å². The van der Waals surface area contributed by atoms with E-state index in [1.165, 1.54) is 7.11 Å². The SMILES string of the molecule is COC(=O)N1c2ccc3c(nc(Cc4cc(C(F)(F)F)cnn4)n3[C@@H]3CCC[C@@H](C(C)=O)C3)c2CC[C@@H]1C. The number of imidazole rings is 1. The first-order valence-electron chi connectivity index (χ1n) is 12.9. The molecule has 1 aliphatic heterocycles. The molecule has 3 atom stereocenters. The van der Waals surface area contributed by atoms with Crippen molar-refractivity contribution in [2.24, 2.45) is 5.92 Å². The van der Waals surface area contributed by atoms with Crippen molar-refractivity contribution < 1.29 is 27.5 Å². The van der Waals surface area contributed by atoms with E-state index in [2.05, 4.69) is 14.8 Å². The van der Waals surface area contributed by atoms with E-state index in [9.17, 15) is 22.8 Å². The third-order valence-corrected chi connectivity index (χ3v) is 7.86. The van der Waals surface area contributed by atoms with Gasteiger partial charge in [0.25, 0.3) is 0 Å². The fourth-order valence-electron chi connectivity index (χ4n) is 5.94. The Labute approximate surface area is 218 Å². The number of benzene rings is 1.